The lowest BCUT2D eigenvalue weighted by Crippen LogP contribution is -2.40. The van der Waals surface area contributed by atoms with Crippen LogP contribution in [0.3, 0.4) is 0 Å². The van der Waals surface area contributed by atoms with Crippen LogP contribution in [0, 0.1) is 12.8 Å². The van der Waals surface area contributed by atoms with Crippen LogP contribution < -0.4 is 5.73 Å². The number of rotatable bonds is 4. The number of carbonyl (C=O) groups is 2. The number of hydrogen-bond acceptors (Lipinski definition) is 4. The zero-order valence-corrected chi connectivity index (χ0v) is 12.7. The Morgan fingerprint density at radius 3 is 2.76 bits per heavy atom. The summed E-state index contributed by atoms with van der Waals surface area (Å²) in [7, 11) is 1.94. The normalized spacial score (nSPS) is 20.3. The molecule has 116 valence electrons. The molecule has 1 fully saturated rings. The van der Waals surface area contributed by atoms with Gasteiger partial charge in [0.25, 0.3) is 0 Å². The van der Waals surface area contributed by atoms with Gasteiger partial charge in [-0.25, -0.2) is 0 Å². The Kier molecular flexibility index (Phi) is 4.95. The van der Waals surface area contributed by atoms with E-state index in [-0.39, 0.29) is 17.7 Å². The van der Waals surface area contributed by atoms with Crippen LogP contribution in [0.15, 0.2) is 12.3 Å². The van der Waals surface area contributed by atoms with E-state index in [9.17, 15) is 9.59 Å². The maximum atomic E-state index is 12.3. The Labute approximate surface area is 124 Å². The quantitative estimate of drug-likeness (QED) is 0.808. The summed E-state index contributed by atoms with van der Waals surface area (Å²) in [5, 5.41) is 4.17. The van der Waals surface area contributed by atoms with Gasteiger partial charge in [0.05, 0.1) is 5.92 Å². The maximum Gasteiger partial charge on any atom is 0.224 e. The van der Waals surface area contributed by atoms with Crippen LogP contribution in [0.5, 0.6) is 0 Å². The van der Waals surface area contributed by atoms with E-state index < -0.39 is 0 Å². The van der Waals surface area contributed by atoms with Gasteiger partial charge in [-0.1, -0.05) is 0 Å². The van der Waals surface area contributed by atoms with E-state index in [4.69, 9.17) is 5.73 Å². The lowest BCUT2D eigenvalue weighted by atomic mass is 10.1. The van der Waals surface area contributed by atoms with Crippen LogP contribution >= 0.6 is 0 Å². The predicted octanol–water partition coefficient (Wildman–Crippen LogP) is -0.543. The zero-order valence-electron chi connectivity index (χ0n) is 12.7. The molecule has 0 saturated carbocycles. The van der Waals surface area contributed by atoms with E-state index in [1.54, 1.807) is 11.1 Å². The molecule has 1 aromatic rings. The molecule has 21 heavy (non-hydrogen) atoms. The zero-order chi connectivity index (χ0) is 15.4. The SMILES string of the molecule is Cc1ccnn1CCC(=O)N1CCN(C)CC(C(N)=O)C1. The van der Waals surface area contributed by atoms with E-state index in [1.807, 2.05) is 29.6 Å². The van der Waals surface area contributed by atoms with Crippen molar-refractivity contribution in [3.63, 3.8) is 0 Å². The van der Waals surface area contributed by atoms with Crippen LogP contribution in [0.2, 0.25) is 0 Å². The van der Waals surface area contributed by atoms with E-state index >= 15 is 0 Å². The van der Waals surface area contributed by atoms with Gasteiger partial charge in [-0.15, -0.1) is 0 Å². The molecule has 2 N–H and O–H groups in total. The average Bonchev–Trinajstić information content (AvgIpc) is 2.72. The van der Waals surface area contributed by atoms with Crippen molar-refractivity contribution in [2.45, 2.75) is 19.9 Å². The minimum absolute atomic E-state index is 0.0476. The molecule has 0 radical (unpaired) electrons. The Bertz CT molecular complexity index is 513. The third-order valence-electron chi connectivity index (χ3n) is 3.95. The van der Waals surface area contributed by atoms with Gasteiger partial charge in [0.1, 0.15) is 0 Å². The summed E-state index contributed by atoms with van der Waals surface area (Å²) in [4.78, 5) is 27.6. The molecular weight excluding hydrogens is 270 g/mol. The van der Waals surface area contributed by atoms with Gasteiger partial charge in [0.2, 0.25) is 11.8 Å². The van der Waals surface area contributed by atoms with Gasteiger partial charge >= 0.3 is 0 Å². The van der Waals surface area contributed by atoms with E-state index in [1.165, 1.54) is 0 Å². The highest BCUT2D eigenvalue weighted by Crippen LogP contribution is 2.10. The lowest BCUT2D eigenvalue weighted by molar-refractivity contribution is -0.132. The molecule has 1 unspecified atom stereocenters. The summed E-state index contributed by atoms with van der Waals surface area (Å²) in [6.07, 6.45) is 2.11. The maximum absolute atomic E-state index is 12.3. The highest BCUT2D eigenvalue weighted by molar-refractivity contribution is 5.80. The number of amides is 2. The fourth-order valence-corrected chi connectivity index (χ4v) is 2.57. The smallest absolute Gasteiger partial charge is 0.224 e. The van der Waals surface area contributed by atoms with Crippen LogP contribution in [-0.4, -0.2) is 64.6 Å². The summed E-state index contributed by atoms with van der Waals surface area (Å²) in [5.41, 5.74) is 6.45. The van der Waals surface area contributed by atoms with Crippen molar-refractivity contribution in [3.8, 4) is 0 Å². The number of hydrogen-bond donors (Lipinski definition) is 1. The monoisotopic (exact) mass is 293 g/mol. The molecule has 0 spiro atoms. The number of aromatic nitrogens is 2. The Morgan fingerprint density at radius 2 is 2.14 bits per heavy atom. The minimum Gasteiger partial charge on any atom is -0.369 e. The molecule has 1 atom stereocenters. The summed E-state index contributed by atoms with van der Waals surface area (Å²) in [5.74, 6) is -0.594. The van der Waals surface area contributed by atoms with Crippen molar-refractivity contribution in [2.24, 2.45) is 11.7 Å². The van der Waals surface area contributed by atoms with Gasteiger partial charge in [-0.05, 0) is 20.0 Å². The highest BCUT2D eigenvalue weighted by atomic mass is 16.2. The summed E-state index contributed by atoms with van der Waals surface area (Å²) in [6, 6.07) is 1.91. The summed E-state index contributed by atoms with van der Waals surface area (Å²) in [6.45, 7) is 4.94. The van der Waals surface area contributed by atoms with Gasteiger partial charge in [-0.2, -0.15) is 5.10 Å². The predicted molar refractivity (Wildman–Crippen MR) is 78.3 cm³/mol. The molecular formula is C14H23N5O2. The van der Waals surface area contributed by atoms with Crippen molar-refractivity contribution in [1.82, 2.24) is 19.6 Å². The fraction of sp³-hybridized carbons (Fsp3) is 0.643. The molecule has 7 nitrogen and oxygen atoms in total. The van der Waals surface area contributed by atoms with Crippen molar-refractivity contribution >= 4 is 11.8 Å². The topological polar surface area (TPSA) is 84.5 Å². The van der Waals surface area contributed by atoms with E-state index in [0.29, 0.717) is 32.6 Å². The van der Waals surface area contributed by atoms with Gasteiger partial charge in [0, 0.05) is 51.0 Å². The van der Waals surface area contributed by atoms with Gasteiger partial charge in [0.15, 0.2) is 0 Å². The number of nitrogens with zero attached hydrogens (tertiary/aromatic N) is 4. The van der Waals surface area contributed by atoms with Gasteiger partial charge < -0.3 is 15.5 Å². The Hall–Kier alpha value is -1.89. The first kappa shape index (κ1) is 15.5. The average molecular weight is 293 g/mol. The molecule has 2 amide bonds. The molecule has 2 heterocycles. The van der Waals surface area contributed by atoms with Crippen LogP contribution in [0.1, 0.15) is 12.1 Å². The molecule has 7 heteroatoms. The molecule has 2 rings (SSSR count). The fourth-order valence-electron chi connectivity index (χ4n) is 2.57. The first-order chi connectivity index (χ1) is 9.97. The third-order valence-corrected chi connectivity index (χ3v) is 3.95. The molecule has 1 saturated heterocycles. The van der Waals surface area contributed by atoms with Crippen LogP contribution in [0.25, 0.3) is 0 Å². The number of aryl methyl sites for hydroxylation is 2. The van der Waals surface area contributed by atoms with Crippen LogP contribution in [-0.2, 0) is 16.1 Å². The first-order valence-corrected chi connectivity index (χ1v) is 7.21. The third kappa shape index (κ3) is 4.04. The van der Waals surface area contributed by atoms with Crippen molar-refractivity contribution in [3.05, 3.63) is 18.0 Å². The van der Waals surface area contributed by atoms with Crippen molar-refractivity contribution < 1.29 is 9.59 Å². The first-order valence-electron chi connectivity index (χ1n) is 7.21. The van der Waals surface area contributed by atoms with E-state index in [2.05, 4.69) is 5.10 Å². The number of primary amides is 1. The van der Waals surface area contributed by atoms with Crippen LogP contribution in [0.4, 0.5) is 0 Å². The summed E-state index contributed by atoms with van der Waals surface area (Å²) < 4.78 is 1.81. The second-order valence-electron chi connectivity index (χ2n) is 5.65. The molecule has 0 bridgehead atoms. The van der Waals surface area contributed by atoms with Crippen molar-refractivity contribution in [2.75, 3.05) is 33.2 Å². The lowest BCUT2D eigenvalue weighted by Gasteiger charge is -2.22. The largest absolute Gasteiger partial charge is 0.369 e. The number of carbonyl (C=O) groups excluding carboxylic acids is 2. The number of likely N-dealkylation sites (N-methyl/N-ethyl adjacent to an activating group) is 1. The highest BCUT2D eigenvalue weighted by Gasteiger charge is 2.27. The standard InChI is InChI=1S/C14H23N5O2/c1-11-3-5-16-19(11)6-4-13(20)18-8-7-17(2)9-12(10-18)14(15)21/h3,5,12H,4,6-10H2,1-2H3,(H2,15,21). The molecule has 0 aromatic carbocycles. The second kappa shape index (κ2) is 6.71. The molecule has 1 aromatic heterocycles. The van der Waals surface area contributed by atoms with Crippen molar-refractivity contribution in [1.29, 1.82) is 0 Å². The minimum atomic E-state index is -0.343. The molecule has 1 aliphatic heterocycles. The molecule has 1 aliphatic rings. The Morgan fingerprint density at radius 1 is 1.38 bits per heavy atom. The number of nitrogens with two attached hydrogens (primary N) is 1. The second-order valence-corrected chi connectivity index (χ2v) is 5.65. The summed E-state index contributed by atoms with van der Waals surface area (Å²) >= 11 is 0. The Balaban J connectivity index is 1.94. The molecule has 0 aliphatic carbocycles. The van der Waals surface area contributed by atoms with E-state index in [0.717, 1.165) is 12.2 Å². The van der Waals surface area contributed by atoms with Gasteiger partial charge in [-0.3, -0.25) is 14.3 Å².